The van der Waals surface area contributed by atoms with E-state index in [1.54, 1.807) is 0 Å². The van der Waals surface area contributed by atoms with Crippen molar-refractivity contribution in [2.75, 3.05) is 33.2 Å². The summed E-state index contributed by atoms with van der Waals surface area (Å²) in [6, 6.07) is 0.320. The Balaban J connectivity index is 0.00000300. The van der Waals surface area contributed by atoms with E-state index >= 15 is 0 Å². The summed E-state index contributed by atoms with van der Waals surface area (Å²) in [5.41, 5.74) is 0.815. The van der Waals surface area contributed by atoms with Crippen LogP contribution in [0.1, 0.15) is 51.5 Å². The molecule has 1 saturated heterocycles. The van der Waals surface area contributed by atoms with E-state index < -0.39 is 5.60 Å². The highest BCUT2D eigenvalue weighted by atomic mass is 127. The maximum Gasteiger partial charge on any atom is 0.410 e. The number of rotatable bonds is 5. The molecule has 3 rings (SSSR count). The fourth-order valence-electron chi connectivity index (χ4n) is 3.63. The molecule has 164 valence electrons. The van der Waals surface area contributed by atoms with Crippen LogP contribution in [0, 0.1) is 0 Å². The third-order valence-corrected chi connectivity index (χ3v) is 5.15. The van der Waals surface area contributed by atoms with Gasteiger partial charge in [-0.3, -0.25) is 9.67 Å². The molecule has 1 saturated carbocycles. The number of likely N-dealkylation sites (tertiary alicyclic amines) is 1. The Hall–Kier alpha value is -1.52. The van der Waals surface area contributed by atoms with Gasteiger partial charge in [-0.05, 0) is 45.6 Å². The van der Waals surface area contributed by atoms with E-state index in [1.165, 1.54) is 5.56 Å². The summed E-state index contributed by atoms with van der Waals surface area (Å²) in [5.74, 6) is 1.38. The van der Waals surface area contributed by atoms with Gasteiger partial charge in [-0.1, -0.05) is 0 Å². The second kappa shape index (κ2) is 9.99. The van der Waals surface area contributed by atoms with E-state index in [-0.39, 0.29) is 30.1 Å². The molecular weight excluding hydrogens is 483 g/mol. The standard InChI is InChI=1S/C20H34N6O2.HI/c1-20(2,3)28-19(27)26(17-6-7-17)11-9-22-18(21-4)25-10-8-15(14-25)16-12-23-24(5)13-16;/h12-13,15,17H,6-11,14H2,1-5H3,(H,21,22);1H. The molecule has 1 aliphatic heterocycles. The average molecular weight is 518 g/mol. The fraction of sp³-hybridized carbons (Fsp3) is 0.750. The van der Waals surface area contributed by atoms with Crippen LogP contribution in [-0.4, -0.2) is 76.5 Å². The molecule has 1 atom stereocenters. The van der Waals surface area contributed by atoms with Crippen LogP contribution in [0.4, 0.5) is 4.79 Å². The number of nitrogens with one attached hydrogen (secondary N) is 1. The number of hydrogen-bond donors (Lipinski definition) is 1. The lowest BCUT2D eigenvalue weighted by Gasteiger charge is -2.28. The molecule has 9 heteroatoms. The van der Waals surface area contributed by atoms with Gasteiger partial charge in [0.2, 0.25) is 0 Å². The van der Waals surface area contributed by atoms with Gasteiger partial charge in [0.25, 0.3) is 0 Å². The Morgan fingerprint density at radius 2 is 2.10 bits per heavy atom. The van der Waals surface area contributed by atoms with E-state index in [9.17, 15) is 4.79 Å². The fourth-order valence-corrected chi connectivity index (χ4v) is 3.63. The zero-order valence-corrected chi connectivity index (χ0v) is 20.6. The first kappa shape index (κ1) is 23.8. The molecule has 1 aliphatic carbocycles. The van der Waals surface area contributed by atoms with Crippen LogP contribution in [0.3, 0.4) is 0 Å². The number of ether oxygens (including phenoxy) is 1. The zero-order chi connectivity index (χ0) is 20.3. The molecule has 1 amide bonds. The lowest BCUT2D eigenvalue weighted by molar-refractivity contribution is 0.0237. The van der Waals surface area contributed by atoms with Gasteiger partial charge in [-0.2, -0.15) is 5.10 Å². The number of aliphatic imine (C=N–C) groups is 1. The van der Waals surface area contributed by atoms with Crippen LogP contribution in [0.5, 0.6) is 0 Å². The van der Waals surface area contributed by atoms with Gasteiger partial charge in [-0.15, -0.1) is 24.0 Å². The molecule has 2 aliphatic rings. The Morgan fingerprint density at radius 1 is 1.38 bits per heavy atom. The summed E-state index contributed by atoms with van der Waals surface area (Å²) in [7, 11) is 3.76. The average Bonchev–Trinajstić information content (AvgIpc) is 3.15. The van der Waals surface area contributed by atoms with E-state index in [4.69, 9.17) is 4.74 Å². The molecule has 1 aromatic heterocycles. The number of aromatic nitrogens is 2. The number of hydrogen-bond acceptors (Lipinski definition) is 4. The minimum absolute atomic E-state index is 0. The van der Waals surface area contributed by atoms with Crippen LogP contribution in [-0.2, 0) is 11.8 Å². The number of halogens is 1. The lowest BCUT2D eigenvalue weighted by atomic mass is 10.0. The molecule has 1 aromatic rings. The first-order chi connectivity index (χ1) is 13.3. The maximum absolute atomic E-state index is 12.5. The van der Waals surface area contributed by atoms with Crippen molar-refractivity contribution >= 4 is 36.0 Å². The van der Waals surface area contributed by atoms with Crippen LogP contribution in [0.15, 0.2) is 17.4 Å². The van der Waals surface area contributed by atoms with Crippen molar-refractivity contribution in [2.24, 2.45) is 12.0 Å². The highest BCUT2D eigenvalue weighted by molar-refractivity contribution is 14.0. The topological polar surface area (TPSA) is 75.0 Å². The van der Waals surface area contributed by atoms with Crippen molar-refractivity contribution in [3.63, 3.8) is 0 Å². The third-order valence-electron chi connectivity index (χ3n) is 5.15. The lowest BCUT2D eigenvalue weighted by Crippen LogP contribution is -2.46. The molecule has 0 radical (unpaired) electrons. The first-order valence-electron chi connectivity index (χ1n) is 10.2. The number of carbonyl (C=O) groups is 1. The van der Waals surface area contributed by atoms with Crippen LogP contribution in [0.2, 0.25) is 0 Å². The van der Waals surface area contributed by atoms with Gasteiger partial charge in [0.15, 0.2) is 5.96 Å². The van der Waals surface area contributed by atoms with Crippen molar-refractivity contribution < 1.29 is 9.53 Å². The summed E-state index contributed by atoms with van der Waals surface area (Å²) in [4.78, 5) is 21.1. The monoisotopic (exact) mass is 518 g/mol. The predicted molar refractivity (Wildman–Crippen MR) is 125 cm³/mol. The summed E-state index contributed by atoms with van der Waals surface area (Å²) < 4.78 is 7.42. The Bertz CT molecular complexity index is 710. The molecule has 8 nitrogen and oxygen atoms in total. The first-order valence-corrected chi connectivity index (χ1v) is 10.2. The van der Waals surface area contributed by atoms with Crippen LogP contribution >= 0.6 is 24.0 Å². The summed E-state index contributed by atoms with van der Waals surface area (Å²) in [6.07, 6.45) is 7.06. The molecule has 1 N–H and O–H groups in total. The van der Waals surface area contributed by atoms with Crippen LogP contribution in [0.25, 0.3) is 0 Å². The van der Waals surface area contributed by atoms with Gasteiger partial charge in [0.05, 0.1) is 6.20 Å². The van der Waals surface area contributed by atoms with Gasteiger partial charge >= 0.3 is 6.09 Å². The number of amides is 1. The van der Waals surface area contributed by atoms with Gasteiger partial charge < -0.3 is 19.9 Å². The quantitative estimate of drug-likeness (QED) is 0.369. The molecule has 0 aromatic carbocycles. The molecule has 1 unspecified atom stereocenters. The van der Waals surface area contributed by atoms with E-state index in [1.807, 2.05) is 50.6 Å². The van der Waals surface area contributed by atoms with Gasteiger partial charge in [-0.25, -0.2) is 4.79 Å². The maximum atomic E-state index is 12.5. The van der Waals surface area contributed by atoms with Gasteiger partial charge in [0, 0.05) is 58.4 Å². The third kappa shape index (κ3) is 6.75. The minimum Gasteiger partial charge on any atom is -0.444 e. The number of aryl methyl sites for hydroxylation is 1. The van der Waals surface area contributed by atoms with Crippen molar-refractivity contribution in [1.82, 2.24) is 24.9 Å². The summed E-state index contributed by atoms with van der Waals surface area (Å²) in [5, 5.41) is 7.71. The Morgan fingerprint density at radius 3 is 2.66 bits per heavy atom. The zero-order valence-electron chi connectivity index (χ0n) is 18.2. The van der Waals surface area contributed by atoms with E-state index in [0.717, 1.165) is 38.3 Å². The second-order valence-electron chi connectivity index (χ2n) is 8.76. The molecule has 0 spiro atoms. The smallest absolute Gasteiger partial charge is 0.410 e. The highest BCUT2D eigenvalue weighted by Gasteiger charge is 2.35. The van der Waals surface area contributed by atoms with Crippen molar-refractivity contribution in [3.05, 3.63) is 18.0 Å². The van der Waals surface area contributed by atoms with Crippen LogP contribution < -0.4 is 5.32 Å². The molecular formula is C20H35IN6O2. The Kier molecular flexibility index (Phi) is 8.18. The van der Waals surface area contributed by atoms with Gasteiger partial charge in [0.1, 0.15) is 5.60 Å². The summed E-state index contributed by atoms with van der Waals surface area (Å²) >= 11 is 0. The molecule has 2 fully saturated rings. The molecule has 0 bridgehead atoms. The largest absolute Gasteiger partial charge is 0.444 e. The predicted octanol–water partition coefficient (Wildman–Crippen LogP) is 2.80. The molecule has 2 heterocycles. The van der Waals surface area contributed by atoms with Crippen molar-refractivity contribution in [2.45, 2.75) is 57.6 Å². The van der Waals surface area contributed by atoms with E-state index in [0.29, 0.717) is 25.0 Å². The highest BCUT2D eigenvalue weighted by Crippen LogP contribution is 2.28. The minimum atomic E-state index is -0.468. The normalized spacial score (nSPS) is 19.7. The van der Waals surface area contributed by atoms with E-state index in [2.05, 4.69) is 26.5 Å². The number of guanidine groups is 1. The van der Waals surface area contributed by atoms with Crippen molar-refractivity contribution in [3.8, 4) is 0 Å². The number of nitrogens with zero attached hydrogens (tertiary/aromatic N) is 5. The Labute approximate surface area is 191 Å². The summed E-state index contributed by atoms with van der Waals surface area (Å²) in [6.45, 7) is 8.91. The van der Waals surface area contributed by atoms with Crippen molar-refractivity contribution in [1.29, 1.82) is 0 Å². The second-order valence-corrected chi connectivity index (χ2v) is 8.76. The molecule has 29 heavy (non-hydrogen) atoms. The number of carbonyl (C=O) groups excluding carboxylic acids is 1. The SMILES string of the molecule is CN=C(NCCN(C(=O)OC(C)(C)C)C1CC1)N1CCC(c2cnn(C)c2)C1.I.